The summed E-state index contributed by atoms with van der Waals surface area (Å²) >= 11 is 0. The molecular formula is C15H27N3O2S. The number of rotatable bonds is 8. The minimum atomic E-state index is -3.45. The van der Waals surface area contributed by atoms with E-state index in [1.54, 1.807) is 18.2 Å². The molecule has 0 heterocycles. The van der Waals surface area contributed by atoms with Gasteiger partial charge in [0, 0.05) is 25.2 Å². The van der Waals surface area contributed by atoms with Crippen molar-refractivity contribution in [2.75, 3.05) is 20.6 Å². The Balaban J connectivity index is 2.76. The maximum Gasteiger partial charge on any atom is 0.240 e. The van der Waals surface area contributed by atoms with Gasteiger partial charge in [0.05, 0.1) is 4.90 Å². The molecule has 5 nitrogen and oxygen atoms in total. The van der Waals surface area contributed by atoms with Crippen molar-refractivity contribution in [1.29, 1.82) is 0 Å². The van der Waals surface area contributed by atoms with Gasteiger partial charge in [0.2, 0.25) is 10.0 Å². The first-order chi connectivity index (χ1) is 9.72. The van der Waals surface area contributed by atoms with Gasteiger partial charge in [-0.3, -0.25) is 0 Å². The monoisotopic (exact) mass is 313 g/mol. The van der Waals surface area contributed by atoms with Crippen LogP contribution in [0.3, 0.4) is 0 Å². The van der Waals surface area contributed by atoms with Crippen LogP contribution in [0.1, 0.15) is 26.3 Å². The average molecular weight is 313 g/mol. The Morgan fingerprint density at radius 3 is 2.43 bits per heavy atom. The molecule has 1 atom stereocenters. The summed E-state index contributed by atoms with van der Waals surface area (Å²) in [6.07, 6.45) is 0. The van der Waals surface area contributed by atoms with Crippen LogP contribution < -0.4 is 10.0 Å². The van der Waals surface area contributed by atoms with Crippen LogP contribution in [-0.4, -0.2) is 46.0 Å². The van der Waals surface area contributed by atoms with Crippen molar-refractivity contribution in [2.24, 2.45) is 0 Å². The zero-order chi connectivity index (χ0) is 16.0. The molecule has 0 amide bonds. The Morgan fingerprint density at radius 2 is 1.86 bits per heavy atom. The summed E-state index contributed by atoms with van der Waals surface area (Å²) in [6, 6.07) is 7.56. The van der Waals surface area contributed by atoms with Gasteiger partial charge in [-0.2, -0.15) is 0 Å². The van der Waals surface area contributed by atoms with E-state index in [0.717, 1.165) is 5.56 Å². The van der Waals surface area contributed by atoms with Gasteiger partial charge in [-0.25, -0.2) is 13.1 Å². The van der Waals surface area contributed by atoms with E-state index in [9.17, 15) is 8.42 Å². The molecule has 0 saturated heterocycles. The maximum absolute atomic E-state index is 12.3. The van der Waals surface area contributed by atoms with Crippen LogP contribution in [-0.2, 0) is 16.6 Å². The SMILES string of the molecule is CC(C)NCc1cccc(S(=O)(=O)NCC(C)N(C)C)c1. The first-order valence-corrected chi connectivity index (χ1v) is 8.69. The fourth-order valence-corrected chi connectivity index (χ4v) is 2.83. The van der Waals surface area contributed by atoms with E-state index in [1.165, 1.54) is 0 Å². The largest absolute Gasteiger partial charge is 0.310 e. The summed E-state index contributed by atoms with van der Waals surface area (Å²) in [5.41, 5.74) is 0.965. The molecule has 1 aromatic carbocycles. The molecule has 1 rings (SSSR count). The molecule has 6 heteroatoms. The van der Waals surface area contributed by atoms with Crippen molar-refractivity contribution in [3.8, 4) is 0 Å². The van der Waals surface area contributed by atoms with Crippen LogP contribution in [0.15, 0.2) is 29.2 Å². The van der Waals surface area contributed by atoms with E-state index >= 15 is 0 Å². The van der Waals surface area contributed by atoms with Crippen molar-refractivity contribution in [1.82, 2.24) is 14.9 Å². The molecule has 120 valence electrons. The van der Waals surface area contributed by atoms with Gasteiger partial charge in [0.15, 0.2) is 0 Å². The van der Waals surface area contributed by atoms with Gasteiger partial charge in [0.25, 0.3) is 0 Å². The molecule has 0 radical (unpaired) electrons. The molecule has 0 aliphatic heterocycles. The minimum absolute atomic E-state index is 0.144. The number of nitrogens with one attached hydrogen (secondary N) is 2. The van der Waals surface area contributed by atoms with Crippen molar-refractivity contribution < 1.29 is 8.42 Å². The highest BCUT2D eigenvalue weighted by atomic mass is 32.2. The smallest absolute Gasteiger partial charge is 0.240 e. The zero-order valence-electron chi connectivity index (χ0n) is 13.6. The second kappa shape index (κ2) is 7.89. The van der Waals surface area contributed by atoms with Gasteiger partial charge in [-0.1, -0.05) is 26.0 Å². The number of likely N-dealkylation sites (N-methyl/N-ethyl adjacent to an activating group) is 1. The molecule has 1 aromatic rings. The molecular weight excluding hydrogens is 286 g/mol. The van der Waals surface area contributed by atoms with Crippen LogP contribution in [0.25, 0.3) is 0 Å². The molecule has 0 aromatic heterocycles. The molecule has 0 fully saturated rings. The molecule has 1 unspecified atom stereocenters. The topological polar surface area (TPSA) is 61.4 Å². The molecule has 0 saturated carbocycles. The quantitative estimate of drug-likeness (QED) is 0.762. The summed E-state index contributed by atoms with van der Waals surface area (Å²) in [5.74, 6) is 0. The number of hydrogen-bond donors (Lipinski definition) is 2. The van der Waals surface area contributed by atoms with E-state index in [-0.39, 0.29) is 6.04 Å². The molecule has 2 N–H and O–H groups in total. The second-order valence-electron chi connectivity index (χ2n) is 5.85. The third kappa shape index (κ3) is 6.13. The maximum atomic E-state index is 12.3. The van der Waals surface area contributed by atoms with Crippen LogP contribution in [0.5, 0.6) is 0 Å². The lowest BCUT2D eigenvalue weighted by molar-refractivity contribution is 0.314. The van der Waals surface area contributed by atoms with Crippen LogP contribution >= 0.6 is 0 Å². The lowest BCUT2D eigenvalue weighted by Gasteiger charge is -2.20. The summed E-state index contributed by atoms with van der Waals surface area (Å²) in [4.78, 5) is 2.29. The summed E-state index contributed by atoms with van der Waals surface area (Å²) in [6.45, 7) is 7.15. The third-order valence-corrected chi connectivity index (χ3v) is 4.79. The predicted octanol–water partition coefficient (Wildman–Crippen LogP) is 1.41. The zero-order valence-corrected chi connectivity index (χ0v) is 14.4. The van der Waals surface area contributed by atoms with Crippen LogP contribution in [0, 0.1) is 0 Å². The molecule has 0 bridgehead atoms. The molecule has 21 heavy (non-hydrogen) atoms. The lowest BCUT2D eigenvalue weighted by atomic mass is 10.2. The number of nitrogens with zero attached hydrogens (tertiary/aromatic N) is 1. The van der Waals surface area contributed by atoms with Crippen molar-refractivity contribution in [3.05, 3.63) is 29.8 Å². The van der Waals surface area contributed by atoms with Gasteiger partial charge in [0.1, 0.15) is 0 Å². The van der Waals surface area contributed by atoms with E-state index < -0.39 is 10.0 Å². The summed E-state index contributed by atoms with van der Waals surface area (Å²) in [5, 5.41) is 3.28. The first-order valence-electron chi connectivity index (χ1n) is 7.21. The Kier molecular flexibility index (Phi) is 6.80. The fourth-order valence-electron chi connectivity index (χ4n) is 1.64. The summed E-state index contributed by atoms with van der Waals surface area (Å²) in [7, 11) is 0.401. The highest BCUT2D eigenvalue weighted by molar-refractivity contribution is 7.89. The summed E-state index contributed by atoms with van der Waals surface area (Å²) < 4.78 is 27.3. The van der Waals surface area contributed by atoms with Crippen LogP contribution in [0.2, 0.25) is 0 Å². The average Bonchev–Trinajstić information content (AvgIpc) is 2.42. The predicted molar refractivity (Wildman–Crippen MR) is 86.8 cm³/mol. The van der Waals surface area contributed by atoms with Gasteiger partial charge in [-0.15, -0.1) is 0 Å². The first kappa shape index (κ1) is 18.1. The van der Waals surface area contributed by atoms with Crippen molar-refractivity contribution in [2.45, 2.75) is 44.3 Å². The number of benzene rings is 1. The van der Waals surface area contributed by atoms with E-state index in [2.05, 4.69) is 23.9 Å². The third-order valence-electron chi connectivity index (χ3n) is 3.37. The molecule has 0 aliphatic carbocycles. The highest BCUT2D eigenvalue weighted by Gasteiger charge is 2.16. The van der Waals surface area contributed by atoms with Gasteiger partial charge < -0.3 is 10.2 Å². The van der Waals surface area contributed by atoms with E-state index in [4.69, 9.17) is 0 Å². The Bertz CT molecular complexity index is 542. The van der Waals surface area contributed by atoms with E-state index in [0.29, 0.717) is 24.0 Å². The molecule has 0 spiro atoms. The van der Waals surface area contributed by atoms with Gasteiger partial charge in [-0.05, 0) is 38.7 Å². The van der Waals surface area contributed by atoms with Crippen molar-refractivity contribution >= 4 is 10.0 Å². The Morgan fingerprint density at radius 1 is 1.19 bits per heavy atom. The second-order valence-corrected chi connectivity index (χ2v) is 7.61. The highest BCUT2D eigenvalue weighted by Crippen LogP contribution is 2.11. The lowest BCUT2D eigenvalue weighted by Crippen LogP contribution is -2.38. The number of hydrogen-bond acceptors (Lipinski definition) is 4. The van der Waals surface area contributed by atoms with Gasteiger partial charge >= 0.3 is 0 Å². The number of sulfonamides is 1. The minimum Gasteiger partial charge on any atom is -0.310 e. The fraction of sp³-hybridized carbons (Fsp3) is 0.600. The Hall–Kier alpha value is -0.950. The normalized spacial score (nSPS) is 13.9. The Labute approximate surface area is 128 Å². The van der Waals surface area contributed by atoms with E-state index in [1.807, 2.05) is 32.0 Å². The van der Waals surface area contributed by atoms with Crippen LogP contribution in [0.4, 0.5) is 0 Å². The molecule has 0 aliphatic rings. The van der Waals surface area contributed by atoms with Crippen molar-refractivity contribution in [3.63, 3.8) is 0 Å². The standard InChI is InChI=1S/C15H27N3O2S/c1-12(2)16-11-14-7-6-8-15(9-14)21(19,20)17-10-13(3)18(4)5/h6-9,12-13,16-17H,10-11H2,1-5H3.